The van der Waals surface area contributed by atoms with Crippen LogP contribution in [0.2, 0.25) is 0 Å². The molecule has 0 radical (unpaired) electrons. The highest BCUT2D eigenvalue weighted by molar-refractivity contribution is 7.90. The number of nitrogens with one attached hydrogen (secondary N) is 1. The van der Waals surface area contributed by atoms with Gasteiger partial charge in [0.05, 0.1) is 23.9 Å². The van der Waals surface area contributed by atoms with Gasteiger partial charge in [0.15, 0.2) is 9.84 Å². The zero-order chi connectivity index (χ0) is 22.8. The number of ether oxygens (including phenoxy) is 1. The molecule has 3 aromatic rings. The van der Waals surface area contributed by atoms with Crippen molar-refractivity contribution in [3.8, 4) is 0 Å². The summed E-state index contributed by atoms with van der Waals surface area (Å²) >= 11 is 0. The second-order valence-electron chi connectivity index (χ2n) is 8.16. The fourth-order valence-electron chi connectivity index (χ4n) is 4.15. The first-order valence-electron chi connectivity index (χ1n) is 10.9. The van der Waals surface area contributed by atoms with E-state index >= 15 is 0 Å². The first-order chi connectivity index (χ1) is 16.0. The number of fused-ring (bicyclic) bond motifs is 1. The van der Waals surface area contributed by atoms with Gasteiger partial charge in [-0.25, -0.2) is 8.42 Å². The molecule has 2 aliphatic heterocycles. The smallest absolute Gasteiger partial charge is 0.256 e. The summed E-state index contributed by atoms with van der Waals surface area (Å²) in [4.78, 5) is 15.1. The molecule has 0 spiro atoms. The second kappa shape index (κ2) is 8.84. The van der Waals surface area contributed by atoms with Gasteiger partial charge in [-0.05, 0) is 47.5 Å². The van der Waals surface area contributed by atoms with E-state index in [1.165, 1.54) is 0 Å². The predicted octanol–water partition coefficient (Wildman–Crippen LogP) is 3.99. The normalized spacial score (nSPS) is 17.2. The molecule has 0 saturated carbocycles. The highest BCUT2D eigenvalue weighted by Gasteiger charge is 2.27. The number of benzene rings is 3. The SMILES string of the molecule is O=C1Nc2ccc(S(=O)(=O)Cc3ccccc3)cc2/C1=C/c1ccc(N2CCOCC2)cc1. The van der Waals surface area contributed by atoms with Crippen molar-refractivity contribution < 1.29 is 17.9 Å². The number of amides is 1. The monoisotopic (exact) mass is 460 g/mol. The third-order valence-electron chi connectivity index (χ3n) is 5.91. The quantitative estimate of drug-likeness (QED) is 0.583. The number of hydrogen-bond donors (Lipinski definition) is 1. The summed E-state index contributed by atoms with van der Waals surface area (Å²) in [6.45, 7) is 3.16. The van der Waals surface area contributed by atoms with Gasteiger partial charge in [-0.15, -0.1) is 0 Å². The van der Waals surface area contributed by atoms with Gasteiger partial charge in [0, 0.05) is 35.6 Å². The largest absolute Gasteiger partial charge is 0.378 e. The van der Waals surface area contributed by atoms with Crippen molar-refractivity contribution in [1.82, 2.24) is 0 Å². The molecule has 5 rings (SSSR count). The van der Waals surface area contributed by atoms with Crippen molar-refractivity contribution in [2.45, 2.75) is 10.6 Å². The van der Waals surface area contributed by atoms with Crippen molar-refractivity contribution in [3.05, 3.63) is 89.5 Å². The predicted molar refractivity (Wildman–Crippen MR) is 130 cm³/mol. The molecule has 2 heterocycles. The van der Waals surface area contributed by atoms with Crippen LogP contribution in [0, 0.1) is 0 Å². The number of morpholine rings is 1. The van der Waals surface area contributed by atoms with Crippen LogP contribution in [0.1, 0.15) is 16.7 Å². The Bertz CT molecular complexity index is 1310. The zero-order valence-electron chi connectivity index (χ0n) is 18.0. The van der Waals surface area contributed by atoms with E-state index in [1.54, 1.807) is 36.4 Å². The van der Waals surface area contributed by atoms with Gasteiger partial charge in [-0.1, -0.05) is 42.5 Å². The highest BCUT2D eigenvalue weighted by Crippen LogP contribution is 2.35. The van der Waals surface area contributed by atoms with Crippen LogP contribution in [-0.4, -0.2) is 40.6 Å². The molecule has 33 heavy (non-hydrogen) atoms. The molecule has 0 bridgehead atoms. The summed E-state index contributed by atoms with van der Waals surface area (Å²) in [5.74, 6) is -0.323. The van der Waals surface area contributed by atoms with Crippen molar-refractivity contribution in [1.29, 1.82) is 0 Å². The summed E-state index contributed by atoms with van der Waals surface area (Å²) in [6, 6.07) is 21.9. The van der Waals surface area contributed by atoms with Gasteiger partial charge in [-0.2, -0.15) is 0 Å². The first kappa shape index (κ1) is 21.4. The van der Waals surface area contributed by atoms with Crippen LogP contribution >= 0.6 is 0 Å². The molecular formula is C26H24N2O4S. The van der Waals surface area contributed by atoms with Crippen LogP contribution < -0.4 is 10.2 Å². The Kier molecular flexibility index (Phi) is 5.74. The highest BCUT2D eigenvalue weighted by atomic mass is 32.2. The lowest BCUT2D eigenvalue weighted by Gasteiger charge is -2.28. The molecule has 7 heteroatoms. The fraction of sp³-hybridized carbons (Fsp3) is 0.192. The Balaban J connectivity index is 1.43. The van der Waals surface area contributed by atoms with E-state index in [1.807, 2.05) is 42.5 Å². The second-order valence-corrected chi connectivity index (χ2v) is 10.1. The Morgan fingerprint density at radius 1 is 0.939 bits per heavy atom. The van der Waals surface area contributed by atoms with Gasteiger partial charge < -0.3 is 15.0 Å². The molecule has 1 fully saturated rings. The number of carbonyl (C=O) groups is 1. The van der Waals surface area contributed by atoms with Crippen LogP contribution in [0.25, 0.3) is 11.6 Å². The summed E-state index contributed by atoms with van der Waals surface area (Å²) in [5, 5.41) is 2.84. The van der Waals surface area contributed by atoms with Gasteiger partial charge in [-0.3, -0.25) is 4.79 Å². The van der Waals surface area contributed by atoms with Gasteiger partial charge in [0.25, 0.3) is 5.91 Å². The summed E-state index contributed by atoms with van der Waals surface area (Å²) in [6.07, 6.45) is 1.80. The van der Waals surface area contributed by atoms with E-state index in [0.29, 0.717) is 16.8 Å². The van der Waals surface area contributed by atoms with Gasteiger partial charge >= 0.3 is 0 Å². The molecule has 1 amide bonds. The molecule has 0 unspecified atom stereocenters. The van der Waals surface area contributed by atoms with Gasteiger partial charge in [0.1, 0.15) is 0 Å². The number of carbonyl (C=O) groups excluding carboxylic acids is 1. The van der Waals surface area contributed by atoms with Crippen LogP contribution in [0.4, 0.5) is 11.4 Å². The van der Waals surface area contributed by atoms with E-state index in [-0.39, 0.29) is 16.6 Å². The fourth-order valence-corrected chi connectivity index (χ4v) is 5.52. The van der Waals surface area contributed by atoms with Gasteiger partial charge in [0.2, 0.25) is 0 Å². The van der Waals surface area contributed by atoms with Crippen LogP contribution in [-0.2, 0) is 25.1 Å². The number of sulfone groups is 1. The summed E-state index contributed by atoms with van der Waals surface area (Å²) in [5.41, 5.74) is 4.40. The molecule has 0 aliphatic carbocycles. The number of hydrogen-bond acceptors (Lipinski definition) is 5. The maximum atomic E-state index is 13.0. The lowest BCUT2D eigenvalue weighted by molar-refractivity contribution is -0.110. The van der Waals surface area contributed by atoms with Crippen LogP contribution in [0.3, 0.4) is 0 Å². The molecule has 1 N–H and O–H groups in total. The molecule has 3 aromatic carbocycles. The third kappa shape index (κ3) is 4.55. The summed E-state index contributed by atoms with van der Waals surface area (Å²) < 4.78 is 31.4. The van der Waals surface area contributed by atoms with E-state index in [9.17, 15) is 13.2 Å². The Labute approximate surface area is 193 Å². The lowest BCUT2D eigenvalue weighted by atomic mass is 10.0. The average molecular weight is 461 g/mol. The molecule has 0 aromatic heterocycles. The maximum absolute atomic E-state index is 13.0. The number of anilines is 2. The van der Waals surface area contributed by atoms with Crippen molar-refractivity contribution in [2.24, 2.45) is 0 Å². The third-order valence-corrected chi connectivity index (χ3v) is 7.60. The first-order valence-corrected chi connectivity index (χ1v) is 12.5. The topological polar surface area (TPSA) is 75.7 Å². The van der Waals surface area contributed by atoms with E-state index < -0.39 is 9.84 Å². The maximum Gasteiger partial charge on any atom is 0.256 e. The number of rotatable bonds is 5. The molecule has 168 valence electrons. The van der Waals surface area contributed by atoms with Crippen molar-refractivity contribution in [2.75, 3.05) is 36.5 Å². The average Bonchev–Trinajstić information content (AvgIpc) is 3.15. The Hall–Kier alpha value is -3.42. The van der Waals surface area contributed by atoms with Crippen molar-refractivity contribution >= 4 is 38.8 Å². The minimum Gasteiger partial charge on any atom is -0.378 e. The minimum atomic E-state index is -3.55. The molecule has 1 saturated heterocycles. The summed E-state index contributed by atoms with van der Waals surface area (Å²) in [7, 11) is -3.55. The molecule has 0 atom stereocenters. The Morgan fingerprint density at radius 3 is 2.39 bits per heavy atom. The van der Waals surface area contributed by atoms with Crippen LogP contribution in [0.15, 0.2) is 77.7 Å². The minimum absolute atomic E-state index is 0.0873. The van der Waals surface area contributed by atoms with E-state index in [0.717, 1.165) is 43.1 Å². The van der Waals surface area contributed by atoms with Crippen molar-refractivity contribution in [3.63, 3.8) is 0 Å². The molecule has 6 nitrogen and oxygen atoms in total. The van der Waals surface area contributed by atoms with Crippen LogP contribution in [0.5, 0.6) is 0 Å². The molecule has 2 aliphatic rings. The standard InChI is InChI=1S/C26H24N2O4S/c29-26-24(16-19-6-8-21(9-7-19)28-12-14-32-15-13-28)23-17-22(10-11-25(23)27-26)33(30,31)18-20-4-2-1-3-5-20/h1-11,16-17H,12-15,18H2,(H,27,29)/b24-16-. The van der Waals surface area contributed by atoms with E-state index in [2.05, 4.69) is 10.2 Å². The number of nitrogens with zero attached hydrogens (tertiary/aromatic N) is 1. The zero-order valence-corrected chi connectivity index (χ0v) is 18.8. The Morgan fingerprint density at radius 2 is 1.67 bits per heavy atom. The van der Waals surface area contributed by atoms with E-state index in [4.69, 9.17) is 4.74 Å². The molecular weight excluding hydrogens is 436 g/mol. The lowest BCUT2D eigenvalue weighted by Crippen LogP contribution is -2.36.